The minimum atomic E-state index is 0.212. The Bertz CT molecular complexity index is 475. The molecule has 0 radical (unpaired) electrons. The molecule has 0 spiro atoms. The van der Waals surface area contributed by atoms with E-state index in [0.29, 0.717) is 19.8 Å². The van der Waals surface area contributed by atoms with Crippen molar-refractivity contribution in [3.05, 3.63) is 35.4 Å². The van der Waals surface area contributed by atoms with E-state index < -0.39 is 0 Å². The lowest BCUT2D eigenvalue weighted by Crippen LogP contribution is -2.43. The molecular formula is C18H31N3O2. The number of hydrogen-bond acceptors (Lipinski definition) is 3. The summed E-state index contributed by atoms with van der Waals surface area (Å²) in [7, 11) is 1.70. The number of nitrogens with zero attached hydrogens (tertiary/aromatic N) is 1. The fourth-order valence-electron chi connectivity index (χ4n) is 2.10. The Morgan fingerprint density at radius 1 is 1.22 bits per heavy atom. The highest BCUT2D eigenvalue weighted by Crippen LogP contribution is 2.09. The number of nitrogens with one attached hydrogen (secondary N) is 2. The molecule has 0 aliphatic rings. The number of hydrogen-bond donors (Lipinski definition) is 2. The molecule has 5 nitrogen and oxygen atoms in total. The monoisotopic (exact) mass is 321 g/mol. The van der Waals surface area contributed by atoms with E-state index in [-0.39, 0.29) is 12.1 Å². The number of benzene rings is 1. The van der Waals surface area contributed by atoms with E-state index >= 15 is 0 Å². The predicted octanol–water partition coefficient (Wildman–Crippen LogP) is 2.70. The second kappa shape index (κ2) is 11.0. The first-order valence-electron chi connectivity index (χ1n) is 8.28. The zero-order valence-electron chi connectivity index (χ0n) is 15.1. The summed E-state index contributed by atoms with van der Waals surface area (Å²) in [5.74, 6) is 0.806. The van der Waals surface area contributed by atoms with E-state index in [1.807, 2.05) is 13.8 Å². The van der Waals surface area contributed by atoms with Gasteiger partial charge < -0.3 is 20.1 Å². The molecule has 1 aromatic carbocycles. The minimum absolute atomic E-state index is 0.212. The third-order valence-electron chi connectivity index (χ3n) is 3.14. The van der Waals surface area contributed by atoms with Gasteiger partial charge >= 0.3 is 0 Å². The van der Waals surface area contributed by atoms with Gasteiger partial charge in [-0.15, -0.1) is 0 Å². The van der Waals surface area contributed by atoms with Crippen LogP contribution in [0.15, 0.2) is 29.3 Å². The van der Waals surface area contributed by atoms with Gasteiger partial charge in [-0.05, 0) is 38.8 Å². The number of methoxy groups -OCH3 is 1. The van der Waals surface area contributed by atoms with Crippen LogP contribution in [0.25, 0.3) is 0 Å². The zero-order chi connectivity index (χ0) is 17.1. The van der Waals surface area contributed by atoms with Gasteiger partial charge in [0.1, 0.15) is 0 Å². The van der Waals surface area contributed by atoms with Crippen LogP contribution < -0.4 is 10.6 Å². The first kappa shape index (κ1) is 19.5. The summed E-state index contributed by atoms with van der Waals surface area (Å²) >= 11 is 0. The van der Waals surface area contributed by atoms with Crippen LogP contribution in [0.5, 0.6) is 0 Å². The topological polar surface area (TPSA) is 54.9 Å². The molecule has 0 fully saturated rings. The van der Waals surface area contributed by atoms with Crippen LogP contribution in [0, 0.1) is 0 Å². The van der Waals surface area contributed by atoms with Crippen molar-refractivity contribution >= 4 is 5.96 Å². The van der Waals surface area contributed by atoms with Crippen LogP contribution in [-0.4, -0.2) is 38.4 Å². The molecule has 130 valence electrons. The van der Waals surface area contributed by atoms with Crippen LogP contribution in [0.1, 0.15) is 38.8 Å². The summed E-state index contributed by atoms with van der Waals surface area (Å²) < 4.78 is 10.8. The molecule has 0 aliphatic heterocycles. The second-order valence-electron chi connectivity index (χ2n) is 5.88. The van der Waals surface area contributed by atoms with Gasteiger partial charge in [0.15, 0.2) is 5.96 Å². The van der Waals surface area contributed by atoms with E-state index in [0.717, 1.165) is 12.5 Å². The van der Waals surface area contributed by atoms with Gasteiger partial charge in [0.2, 0.25) is 0 Å². The van der Waals surface area contributed by atoms with Crippen LogP contribution in [0.3, 0.4) is 0 Å². The molecular weight excluding hydrogens is 290 g/mol. The Morgan fingerprint density at radius 2 is 1.96 bits per heavy atom. The second-order valence-corrected chi connectivity index (χ2v) is 5.88. The van der Waals surface area contributed by atoms with Gasteiger partial charge in [-0.3, -0.25) is 0 Å². The first-order valence-corrected chi connectivity index (χ1v) is 8.28. The maximum atomic E-state index is 5.65. The molecule has 23 heavy (non-hydrogen) atoms. The SMILES string of the molecule is CCNC(=NCc1cccc(COC(C)C)c1)NC(C)COC. The van der Waals surface area contributed by atoms with Gasteiger partial charge in [0.25, 0.3) is 0 Å². The molecule has 1 rings (SSSR count). The summed E-state index contributed by atoms with van der Waals surface area (Å²) in [6.45, 7) is 11.0. The Hall–Kier alpha value is -1.59. The first-order chi connectivity index (χ1) is 11.0. The van der Waals surface area contributed by atoms with Crippen molar-refractivity contribution in [1.82, 2.24) is 10.6 Å². The molecule has 0 aliphatic carbocycles. The van der Waals surface area contributed by atoms with Crippen molar-refractivity contribution in [3.8, 4) is 0 Å². The van der Waals surface area contributed by atoms with Crippen LogP contribution >= 0.6 is 0 Å². The summed E-state index contributed by atoms with van der Waals surface area (Å²) in [6, 6.07) is 8.58. The zero-order valence-corrected chi connectivity index (χ0v) is 15.1. The quantitative estimate of drug-likeness (QED) is 0.542. The van der Waals surface area contributed by atoms with Crippen molar-refractivity contribution in [2.24, 2.45) is 4.99 Å². The van der Waals surface area contributed by atoms with E-state index in [2.05, 4.69) is 53.7 Å². The predicted molar refractivity (Wildman–Crippen MR) is 95.7 cm³/mol. The molecule has 0 amide bonds. The fourth-order valence-corrected chi connectivity index (χ4v) is 2.10. The van der Waals surface area contributed by atoms with Crippen LogP contribution in [-0.2, 0) is 22.6 Å². The molecule has 1 aromatic rings. The summed E-state index contributed by atoms with van der Waals surface area (Å²) in [5.41, 5.74) is 2.35. The van der Waals surface area contributed by atoms with Crippen molar-refractivity contribution in [1.29, 1.82) is 0 Å². The Kier molecular flexibility index (Phi) is 9.33. The average molecular weight is 321 g/mol. The third kappa shape index (κ3) is 8.57. The van der Waals surface area contributed by atoms with Crippen LogP contribution in [0.4, 0.5) is 0 Å². The molecule has 0 bridgehead atoms. The molecule has 0 aromatic heterocycles. The Balaban J connectivity index is 2.65. The van der Waals surface area contributed by atoms with E-state index in [4.69, 9.17) is 9.47 Å². The van der Waals surface area contributed by atoms with E-state index in [9.17, 15) is 0 Å². The summed E-state index contributed by atoms with van der Waals surface area (Å²) in [6.07, 6.45) is 0.239. The molecule has 1 atom stereocenters. The maximum Gasteiger partial charge on any atom is 0.191 e. The lowest BCUT2D eigenvalue weighted by molar-refractivity contribution is 0.0657. The lowest BCUT2D eigenvalue weighted by atomic mass is 10.1. The Morgan fingerprint density at radius 3 is 2.61 bits per heavy atom. The highest BCUT2D eigenvalue weighted by Gasteiger charge is 2.04. The van der Waals surface area contributed by atoms with Crippen LogP contribution in [0.2, 0.25) is 0 Å². The van der Waals surface area contributed by atoms with Gasteiger partial charge in [0.05, 0.1) is 25.9 Å². The highest BCUT2D eigenvalue weighted by atomic mass is 16.5. The normalized spacial score (nSPS) is 13.2. The van der Waals surface area contributed by atoms with Gasteiger partial charge in [-0.1, -0.05) is 24.3 Å². The van der Waals surface area contributed by atoms with Gasteiger partial charge in [0, 0.05) is 19.7 Å². The van der Waals surface area contributed by atoms with E-state index in [1.165, 1.54) is 11.1 Å². The number of ether oxygens (including phenoxy) is 2. The summed E-state index contributed by atoms with van der Waals surface area (Å²) in [4.78, 5) is 4.64. The van der Waals surface area contributed by atoms with Crippen molar-refractivity contribution in [3.63, 3.8) is 0 Å². The minimum Gasteiger partial charge on any atom is -0.383 e. The number of rotatable bonds is 9. The van der Waals surface area contributed by atoms with Crippen molar-refractivity contribution in [2.45, 2.75) is 53.0 Å². The number of aliphatic imine (C=N–C) groups is 1. The number of guanidine groups is 1. The van der Waals surface area contributed by atoms with Gasteiger partial charge in [-0.25, -0.2) is 4.99 Å². The summed E-state index contributed by atoms with van der Waals surface area (Å²) in [5, 5.41) is 6.59. The molecule has 0 heterocycles. The largest absolute Gasteiger partial charge is 0.383 e. The van der Waals surface area contributed by atoms with E-state index in [1.54, 1.807) is 7.11 Å². The molecule has 1 unspecified atom stereocenters. The molecule has 0 saturated heterocycles. The molecule has 2 N–H and O–H groups in total. The Labute approximate surface area is 140 Å². The molecule has 5 heteroatoms. The van der Waals surface area contributed by atoms with Gasteiger partial charge in [-0.2, -0.15) is 0 Å². The van der Waals surface area contributed by atoms with Crippen molar-refractivity contribution < 1.29 is 9.47 Å². The average Bonchev–Trinajstić information content (AvgIpc) is 2.51. The highest BCUT2D eigenvalue weighted by molar-refractivity contribution is 5.80. The maximum absolute atomic E-state index is 5.65. The standard InChI is InChI=1S/C18H31N3O2/c1-6-19-18(21-15(4)12-22-5)20-11-16-8-7-9-17(10-16)13-23-14(2)3/h7-10,14-15H,6,11-13H2,1-5H3,(H2,19,20,21). The third-order valence-corrected chi connectivity index (χ3v) is 3.14. The smallest absolute Gasteiger partial charge is 0.191 e. The van der Waals surface area contributed by atoms with Crippen molar-refractivity contribution in [2.75, 3.05) is 20.3 Å². The molecule has 0 saturated carbocycles. The lowest BCUT2D eigenvalue weighted by Gasteiger charge is -2.17. The fraction of sp³-hybridized carbons (Fsp3) is 0.611.